The number of nitrogens with zero attached hydrogens (tertiary/aromatic N) is 1. The molecule has 3 nitrogen and oxygen atoms in total. The third kappa shape index (κ3) is 2.71. The molecule has 0 bridgehead atoms. The zero-order valence-electron chi connectivity index (χ0n) is 13.4. The quantitative estimate of drug-likeness (QED) is 0.925. The van der Waals surface area contributed by atoms with Gasteiger partial charge in [-0.2, -0.15) is 0 Å². The van der Waals surface area contributed by atoms with E-state index in [1.807, 2.05) is 18.0 Å². The highest BCUT2D eigenvalue weighted by Gasteiger charge is 2.58. The van der Waals surface area contributed by atoms with Crippen molar-refractivity contribution in [3.8, 4) is 0 Å². The van der Waals surface area contributed by atoms with E-state index in [4.69, 9.17) is 0 Å². The Kier molecular flexibility index (Phi) is 3.78. The lowest BCUT2D eigenvalue weighted by Gasteiger charge is -2.25. The fraction of sp³-hybridized carbons (Fsp3) is 0.611. The first kappa shape index (κ1) is 14.6. The van der Waals surface area contributed by atoms with E-state index < -0.39 is 0 Å². The lowest BCUT2D eigenvalue weighted by molar-refractivity contribution is -0.120. The van der Waals surface area contributed by atoms with E-state index in [1.165, 1.54) is 5.56 Å². The van der Waals surface area contributed by atoms with E-state index in [0.29, 0.717) is 17.2 Å². The van der Waals surface area contributed by atoms with E-state index in [-0.39, 0.29) is 5.92 Å². The van der Waals surface area contributed by atoms with Crippen LogP contribution in [0.25, 0.3) is 0 Å². The highest BCUT2D eigenvalue weighted by molar-refractivity contribution is 5.97. The molecule has 2 fully saturated rings. The fourth-order valence-electron chi connectivity index (χ4n) is 3.63. The Morgan fingerprint density at radius 3 is 2.71 bits per heavy atom. The van der Waals surface area contributed by atoms with Crippen LogP contribution >= 0.6 is 0 Å². The molecule has 0 radical (unpaired) electrons. The van der Waals surface area contributed by atoms with Gasteiger partial charge in [0.25, 0.3) is 0 Å². The number of hydrogen-bond donors (Lipinski definition) is 1. The van der Waals surface area contributed by atoms with Gasteiger partial charge in [0.15, 0.2) is 0 Å². The van der Waals surface area contributed by atoms with Gasteiger partial charge in [-0.05, 0) is 61.4 Å². The van der Waals surface area contributed by atoms with Crippen LogP contribution in [0.3, 0.4) is 0 Å². The summed E-state index contributed by atoms with van der Waals surface area (Å²) in [5, 5.41) is 3.40. The number of rotatable bonds is 3. The van der Waals surface area contributed by atoms with Gasteiger partial charge in [-0.25, -0.2) is 0 Å². The number of amides is 1. The SMILES string of the molecule is CC(C)c1cccc(N(C)C(=O)C2CC23CCNCC3)c1. The summed E-state index contributed by atoms with van der Waals surface area (Å²) in [5.74, 6) is 1.04. The predicted molar refractivity (Wildman–Crippen MR) is 86.6 cm³/mol. The van der Waals surface area contributed by atoms with Gasteiger partial charge < -0.3 is 10.2 Å². The Hall–Kier alpha value is -1.35. The summed E-state index contributed by atoms with van der Waals surface area (Å²) in [4.78, 5) is 14.6. The van der Waals surface area contributed by atoms with Crippen molar-refractivity contribution in [3.63, 3.8) is 0 Å². The smallest absolute Gasteiger partial charge is 0.230 e. The third-order valence-electron chi connectivity index (χ3n) is 5.34. The minimum Gasteiger partial charge on any atom is -0.317 e. The highest BCUT2D eigenvalue weighted by atomic mass is 16.2. The average Bonchev–Trinajstić information content (AvgIpc) is 3.19. The predicted octanol–water partition coefficient (Wildman–Crippen LogP) is 3.16. The van der Waals surface area contributed by atoms with Crippen molar-refractivity contribution in [2.45, 2.75) is 39.0 Å². The molecular weight excluding hydrogens is 260 g/mol. The molecular formula is C18H26N2O. The molecule has 0 aromatic heterocycles. The van der Waals surface area contributed by atoms with Crippen molar-refractivity contribution < 1.29 is 4.79 Å². The normalized spacial score (nSPS) is 23.3. The van der Waals surface area contributed by atoms with E-state index >= 15 is 0 Å². The second kappa shape index (κ2) is 5.45. The number of carbonyl (C=O) groups is 1. The fourth-order valence-corrected chi connectivity index (χ4v) is 3.63. The van der Waals surface area contributed by atoms with Gasteiger partial charge in [-0.3, -0.25) is 4.79 Å². The summed E-state index contributed by atoms with van der Waals surface area (Å²) in [6.07, 6.45) is 3.40. The molecule has 1 aromatic carbocycles. The molecule has 1 N–H and O–H groups in total. The minimum atomic E-state index is 0.243. The van der Waals surface area contributed by atoms with E-state index in [0.717, 1.165) is 38.0 Å². The summed E-state index contributed by atoms with van der Waals surface area (Å²) in [6.45, 7) is 6.50. The monoisotopic (exact) mass is 286 g/mol. The number of nitrogens with one attached hydrogen (secondary N) is 1. The van der Waals surface area contributed by atoms with Crippen LogP contribution in [0.5, 0.6) is 0 Å². The van der Waals surface area contributed by atoms with Gasteiger partial charge in [0.05, 0.1) is 0 Å². The Bertz CT molecular complexity index is 532. The molecule has 1 saturated heterocycles. The van der Waals surface area contributed by atoms with Crippen LogP contribution in [0.1, 0.15) is 44.6 Å². The number of anilines is 1. The van der Waals surface area contributed by atoms with Gasteiger partial charge in [-0.15, -0.1) is 0 Å². The minimum absolute atomic E-state index is 0.243. The number of piperidine rings is 1. The van der Waals surface area contributed by atoms with Crippen molar-refractivity contribution in [1.82, 2.24) is 5.32 Å². The van der Waals surface area contributed by atoms with Crippen LogP contribution in [0.4, 0.5) is 5.69 Å². The van der Waals surface area contributed by atoms with Crippen molar-refractivity contribution in [2.24, 2.45) is 11.3 Å². The van der Waals surface area contributed by atoms with Crippen LogP contribution in [0.2, 0.25) is 0 Å². The lowest BCUT2D eigenvalue weighted by Crippen LogP contribution is -2.34. The Morgan fingerprint density at radius 1 is 1.33 bits per heavy atom. The first-order valence-electron chi connectivity index (χ1n) is 8.12. The largest absolute Gasteiger partial charge is 0.317 e. The van der Waals surface area contributed by atoms with Crippen LogP contribution in [-0.4, -0.2) is 26.0 Å². The third-order valence-corrected chi connectivity index (χ3v) is 5.34. The first-order valence-corrected chi connectivity index (χ1v) is 8.12. The number of hydrogen-bond acceptors (Lipinski definition) is 2. The molecule has 1 saturated carbocycles. The molecule has 1 heterocycles. The highest BCUT2D eigenvalue weighted by Crippen LogP contribution is 2.59. The maximum absolute atomic E-state index is 12.8. The molecule has 2 aliphatic rings. The standard InChI is InChI=1S/C18H26N2O/c1-13(2)14-5-4-6-15(11-14)20(3)17(21)16-12-18(16)7-9-19-10-8-18/h4-6,11,13,16,19H,7-10,12H2,1-3H3. The molecule has 1 aliphatic carbocycles. The van der Waals surface area contributed by atoms with Crippen molar-refractivity contribution in [3.05, 3.63) is 29.8 Å². The second-order valence-corrected chi connectivity index (χ2v) is 7.02. The summed E-state index contributed by atoms with van der Waals surface area (Å²) in [6, 6.07) is 8.39. The lowest BCUT2D eigenvalue weighted by atomic mass is 9.91. The second-order valence-electron chi connectivity index (χ2n) is 7.02. The van der Waals surface area contributed by atoms with Gasteiger partial charge in [0, 0.05) is 18.7 Å². The van der Waals surface area contributed by atoms with Gasteiger partial charge in [-0.1, -0.05) is 26.0 Å². The van der Waals surface area contributed by atoms with E-state index in [1.54, 1.807) is 0 Å². The zero-order chi connectivity index (χ0) is 15.0. The molecule has 21 heavy (non-hydrogen) atoms. The molecule has 1 aliphatic heterocycles. The van der Waals surface area contributed by atoms with Gasteiger partial charge in [0.2, 0.25) is 5.91 Å². The molecule has 114 valence electrons. The van der Waals surface area contributed by atoms with E-state index in [2.05, 4.69) is 37.4 Å². The average molecular weight is 286 g/mol. The van der Waals surface area contributed by atoms with Crippen LogP contribution < -0.4 is 10.2 Å². The van der Waals surface area contributed by atoms with Crippen molar-refractivity contribution in [1.29, 1.82) is 0 Å². The van der Waals surface area contributed by atoms with Gasteiger partial charge in [0.1, 0.15) is 0 Å². The molecule has 3 rings (SSSR count). The first-order chi connectivity index (χ1) is 10.0. The Balaban J connectivity index is 1.72. The molecule has 1 unspecified atom stereocenters. The summed E-state index contributed by atoms with van der Waals surface area (Å²) < 4.78 is 0. The molecule has 3 heteroatoms. The van der Waals surface area contributed by atoms with Crippen LogP contribution in [0, 0.1) is 11.3 Å². The summed E-state index contributed by atoms with van der Waals surface area (Å²) in [7, 11) is 1.93. The van der Waals surface area contributed by atoms with Crippen molar-refractivity contribution >= 4 is 11.6 Å². The Labute approximate surface area is 127 Å². The molecule has 1 amide bonds. The van der Waals surface area contributed by atoms with Gasteiger partial charge >= 0.3 is 0 Å². The topological polar surface area (TPSA) is 32.3 Å². The molecule has 1 atom stereocenters. The van der Waals surface area contributed by atoms with Crippen LogP contribution in [0.15, 0.2) is 24.3 Å². The molecule has 1 aromatic rings. The number of benzene rings is 1. The maximum atomic E-state index is 12.8. The Morgan fingerprint density at radius 2 is 2.05 bits per heavy atom. The van der Waals surface area contributed by atoms with Crippen molar-refractivity contribution in [2.75, 3.05) is 25.0 Å². The zero-order valence-corrected chi connectivity index (χ0v) is 13.4. The maximum Gasteiger partial charge on any atom is 0.230 e. The summed E-state index contributed by atoms with van der Waals surface area (Å²) >= 11 is 0. The number of carbonyl (C=O) groups excluding carboxylic acids is 1. The van der Waals surface area contributed by atoms with Crippen LogP contribution in [-0.2, 0) is 4.79 Å². The molecule has 1 spiro atoms. The summed E-state index contributed by atoms with van der Waals surface area (Å²) in [5.41, 5.74) is 2.63. The van der Waals surface area contributed by atoms with E-state index in [9.17, 15) is 4.79 Å².